The number of hydrogen-bond donors (Lipinski definition) is 0. The Hall–Kier alpha value is -2.99. The molecule has 0 fully saturated rings. The van der Waals surface area contributed by atoms with Gasteiger partial charge in [-0.15, -0.1) is 5.10 Å². The second-order valence-electron chi connectivity index (χ2n) is 6.33. The Morgan fingerprint density at radius 2 is 2.00 bits per heavy atom. The van der Waals surface area contributed by atoms with Crippen molar-refractivity contribution in [1.82, 2.24) is 14.6 Å². The lowest BCUT2D eigenvalue weighted by Crippen LogP contribution is -2.23. The number of ether oxygens (including phenoxy) is 1. The van der Waals surface area contributed by atoms with Crippen LogP contribution in [0.25, 0.3) is 22.4 Å². The molecule has 0 aliphatic carbocycles. The van der Waals surface area contributed by atoms with Gasteiger partial charge in [0.1, 0.15) is 5.75 Å². The summed E-state index contributed by atoms with van der Waals surface area (Å²) in [6.07, 6.45) is 2.83. The molecule has 0 atom stereocenters. The third-order valence-corrected chi connectivity index (χ3v) is 5.07. The molecule has 0 saturated heterocycles. The molecule has 0 radical (unpaired) electrons. The van der Waals surface area contributed by atoms with Crippen LogP contribution in [-0.4, -0.2) is 21.2 Å². The van der Waals surface area contributed by atoms with Gasteiger partial charge in [0.05, 0.1) is 11.1 Å². The molecule has 6 heteroatoms. The molecule has 0 bridgehead atoms. The molecule has 0 spiro atoms. The van der Waals surface area contributed by atoms with Gasteiger partial charge in [0.25, 0.3) is 5.56 Å². The van der Waals surface area contributed by atoms with E-state index < -0.39 is 0 Å². The molecule has 4 rings (SSSR count). The Labute approximate surface area is 160 Å². The fraction of sp³-hybridized carbons (Fsp3) is 0.190. The first-order chi connectivity index (χ1) is 13.1. The number of thiazole rings is 1. The summed E-state index contributed by atoms with van der Waals surface area (Å²) in [4.78, 5) is 17.8. The fourth-order valence-corrected chi connectivity index (χ4v) is 3.68. The molecule has 2 heterocycles. The maximum absolute atomic E-state index is 12.7. The Bertz CT molecular complexity index is 1190. The minimum atomic E-state index is -0.146. The van der Waals surface area contributed by atoms with E-state index in [0.717, 1.165) is 28.9 Å². The van der Waals surface area contributed by atoms with Gasteiger partial charge < -0.3 is 4.74 Å². The van der Waals surface area contributed by atoms with E-state index in [9.17, 15) is 4.79 Å². The highest BCUT2D eigenvalue weighted by molar-refractivity contribution is 7.15. The van der Waals surface area contributed by atoms with E-state index in [0.29, 0.717) is 21.9 Å². The molecular weight excluding hydrogens is 358 g/mol. The molecule has 0 aliphatic rings. The van der Waals surface area contributed by atoms with Crippen LogP contribution in [0.5, 0.6) is 5.75 Å². The number of rotatable bonds is 5. The largest absolute Gasteiger partial charge is 0.494 e. The summed E-state index contributed by atoms with van der Waals surface area (Å²) in [7, 11) is 0. The molecule has 0 N–H and O–H groups in total. The predicted octanol–water partition coefficient (Wildman–Crippen LogP) is 3.46. The van der Waals surface area contributed by atoms with Crippen LogP contribution in [0.4, 0.5) is 0 Å². The summed E-state index contributed by atoms with van der Waals surface area (Å²) < 4.78 is 7.58. The molecule has 5 nitrogen and oxygen atoms in total. The minimum absolute atomic E-state index is 0.146. The number of fused-ring (bicyclic) bond motifs is 1. The van der Waals surface area contributed by atoms with Crippen LogP contribution in [0.2, 0.25) is 0 Å². The second kappa shape index (κ2) is 7.32. The Morgan fingerprint density at radius 1 is 1.19 bits per heavy atom. The van der Waals surface area contributed by atoms with Crippen molar-refractivity contribution >= 4 is 22.4 Å². The van der Waals surface area contributed by atoms with Crippen LogP contribution >= 0.6 is 11.3 Å². The van der Waals surface area contributed by atoms with Crippen molar-refractivity contribution in [2.24, 2.45) is 0 Å². The zero-order chi connectivity index (χ0) is 18.8. The highest BCUT2D eigenvalue weighted by atomic mass is 32.1. The molecule has 2 aromatic heterocycles. The molecule has 0 saturated carbocycles. The first kappa shape index (κ1) is 17.4. The van der Waals surface area contributed by atoms with Gasteiger partial charge >= 0.3 is 0 Å². The second-order valence-corrected chi connectivity index (χ2v) is 7.34. The summed E-state index contributed by atoms with van der Waals surface area (Å²) >= 11 is 1.35. The van der Waals surface area contributed by atoms with Crippen molar-refractivity contribution in [3.05, 3.63) is 74.5 Å². The Balaban J connectivity index is 1.67. The van der Waals surface area contributed by atoms with E-state index in [2.05, 4.69) is 17.0 Å². The van der Waals surface area contributed by atoms with Crippen LogP contribution in [0, 0.1) is 6.92 Å². The summed E-state index contributed by atoms with van der Waals surface area (Å²) in [6.45, 7) is 4.79. The van der Waals surface area contributed by atoms with Gasteiger partial charge in [0, 0.05) is 5.56 Å². The van der Waals surface area contributed by atoms with Gasteiger partial charge in [-0.05, 0) is 43.2 Å². The van der Waals surface area contributed by atoms with Crippen molar-refractivity contribution in [3.8, 4) is 17.1 Å². The fourth-order valence-electron chi connectivity index (χ4n) is 2.77. The lowest BCUT2D eigenvalue weighted by Gasteiger charge is -2.03. The quantitative estimate of drug-likeness (QED) is 0.534. The summed E-state index contributed by atoms with van der Waals surface area (Å²) in [5.74, 6) is 1.41. The van der Waals surface area contributed by atoms with E-state index >= 15 is 0 Å². The Kier molecular flexibility index (Phi) is 4.73. The third-order valence-electron chi connectivity index (χ3n) is 4.11. The van der Waals surface area contributed by atoms with Crippen molar-refractivity contribution < 1.29 is 4.74 Å². The maximum atomic E-state index is 12.7. The predicted molar refractivity (Wildman–Crippen MR) is 108 cm³/mol. The van der Waals surface area contributed by atoms with E-state index in [-0.39, 0.29) is 5.56 Å². The van der Waals surface area contributed by atoms with Crippen molar-refractivity contribution in [1.29, 1.82) is 0 Å². The minimum Gasteiger partial charge on any atom is -0.494 e. The lowest BCUT2D eigenvalue weighted by molar-refractivity contribution is 0.317. The summed E-state index contributed by atoms with van der Waals surface area (Å²) in [6, 6.07) is 15.7. The number of aryl methyl sites for hydroxylation is 1. The average Bonchev–Trinajstić information content (AvgIpc) is 3.21. The van der Waals surface area contributed by atoms with Crippen LogP contribution in [0.15, 0.2) is 53.3 Å². The maximum Gasteiger partial charge on any atom is 0.291 e. The number of hydrogen-bond acceptors (Lipinski definition) is 5. The molecular formula is C21H19N3O2S. The summed E-state index contributed by atoms with van der Waals surface area (Å²) in [5.41, 5.74) is 2.85. The number of benzene rings is 2. The van der Waals surface area contributed by atoms with Gasteiger partial charge in [0.15, 0.2) is 5.82 Å². The monoisotopic (exact) mass is 377 g/mol. The Morgan fingerprint density at radius 3 is 2.70 bits per heavy atom. The van der Waals surface area contributed by atoms with Crippen molar-refractivity contribution in [2.45, 2.75) is 20.3 Å². The molecule has 27 heavy (non-hydrogen) atoms. The highest BCUT2D eigenvalue weighted by Gasteiger charge is 2.12. The molecule has 136 valence electrons. The zero-order valence-corrected chi connectivity index (χ0v) is 16.0. The number of aromatic nitrogens is 3. The normalized spacial score (nSPS) is 12.0. The smallest absolute Gasteiger partial charge is 0.291 e. The van der Waals surface area contributed by atoms with E-state index in [4.69, 9.17) is 4.74 Å². The first-order valence-corrected chi connectivity index (χ1v) is 9.67. The molecule has 0 amide bonds. The first-order valence-electron chi connectivity index (χ1n) is 8.85. The van der Waals surface area contributed by atoms with Gasteiger partial charge in [0.2, 0.25) is 4.96 Å². The highest BCUT2D eigenvalue weighted by Crippen LogP contribution is 2.18. The van der Waals surface area contributed by atoms with Gasteiger partial charge in [-0.3, -0.25) is 4.79 Å². The van der Waals surface area contributed by atoms with Crippen molar-refractivity contribution in [3.63, 3.8) is 0 Å². The SMILES string of the molecule is CCCOc1ccc(/C=c2/sc3nc(-c4cccc(C)c4)nn3c2=O)cc1. The average molecular weight is 377 g/mol. The molecule has 0 unspecified atom stereocenters. The van der Waals surface area contributed by atoms with E-state index in [1.54, 1.807) is 0 Å². The van der Waals surface area contributed by atoms with Gasteiger partial charge in [-0.2, -0.15) is 9.50 Å². The molecule has 2 aromatic carbocycles. The molecule has 0 aliphatic heterocycles. The topological polar surface area (TPSA) is 56.5 Å². The van der Waals surface area contributed by atoms with Crippen LogP contribution < -0.4 is 14.8 Å². The third kappa shape index (κ3) is 3.61. The zero-order valence-electron chi connectivity index (χ0n) is 15.2. The van der Waals surface area contributed by atoms with Gasteiger partial charge in [-0.1, -0.05) is 54.2 Å². The van der Waals surface area contributed by atoms with E-state index in [1.165, 1.54) is 15.9 Å². The van der Waals surface area contributed by atoms with E-state index in [1.807, 2.05) is 61.5 Å². The number of nitrogens with zero attached hydrogens (tertiary/aromatic N) is 3. The lowest BCUT2D eigenvalue weighted by atomic mass is 10.1. The van der Waals surface area contributed by atoms with Crippen LogP contribution in [0.3, 0.4) is 0 Å². The van der Waals surface area contributed by atoms with Crippen LogP contribution in [0.1, 0.15) is 24.5 Å². The van der Waals surface area contributed by atoms with Crippen molar-refractivity contribution in [2.75, 3.05) is 6.61 Å². The van der Waals surface area contributed by atoms with Crippen LogP contribution in [-0.2, 0) is 0 Å². The van der Waals surface area contributed by atoms with Gasteiger partial charge in [-0.25, -0.2) is 0 Å². The molecule has 4 aromatic rings. The standard InChI is InChI=1S/C21H19N3O2S/c1-3-11-26-17-9-7-15(8-10-17)13-18-20(25)24-21(27-18)22-19(23-24)16-6-4-5-14(2)12-16/h4-10,12-13H,3,11H2,1-2H3/b18-13+. The summed E-state index contributed by atoms with van der Waals surface area (Å²) in [5, 5.41) is 4.40.